The SMILES string of the molecule is CC1=CC2C(=C(C)CCC2C(C)C(=O)O)CC1O. The van der Waals surface area contributed by atoms with Gasteiger partial charge in [0.15, 0.2) is 0 Å². The molecule has 0 aromatic heterocycles. The van der Waals surface area contributed by atoms with Gasteiger partial charge in [-0.2, -0.15) is 0 Å². The van der Waals surface area contributed by atoms with Gasteiger partial charge in [0.05, 0.1) is 12.0 Å². The van der Waals surface area contributed by atoms with Gasteiger partial charge in [-0.05, 0) is 44.6 Å². The summed E-state index contributed by atoms with van der Waals surface area (Å²) in [6.07, 6.45) is 4.30. The number of carboxylic acids is 1. The zero-order valence-electron chi connectivity index (χ0n) is 11.3. The lowest BCUT2D eigenvalue weighted by Gasteiger charge is -2.39. The van der Waals surface area contributed by atoms with Crippen LogP contribution in [0.3, 0.4) is 0 Å². The molecule has 100 valence electrons. The summed E-state index contributed by atoms with van der Waals surface area (Å²) in [5.74, 6) is -0.648. The molecule has 0 aliphatic heterocycles. The van der Waals surface area contributed by atoms with E-state index in [-0.39, 0.29) is 23.9 Å². The van der Waals surface area contributed by atoms with Crippen LogP contribution >= 0.6 is 0 Å². The van der Waals surface area contributed by atoms with Gasteiger partial charge in [0.25, 0.3) is 0 Å². The van der Waals surface area contributed by atoms with E-state index < -0.39 is 5.97 Å². The second-order valence-corrected chi connectivity index (χ2v) is 5.79. The van der Waals surface area contributed by atoms with E-state index in [1.807, 2.05) is 6.92 Å². The maximum atomic E-state index is 11.2. The second-order valence-electron chi connectivity index (χ2n) is 5.79. The molecule has 0 amide bonds. The average molecular weight is 250 g/mol. The molecule has 3 heteroatoms. The summed E-state index contributed by atoms with van der Waals surface area (Å²) >= 11 is 0. The third-order valence-electron chi connectivity index (χ3n) is 4.68. The van der Waals surface area contributed by atoms with E-state index in [0.717, 1.165) is 18.4 Å². The van der Waals surface area contributed by atoms with Crippen LogP contribution in [-0.4, -0.2) is 22.3 Å². The fourth-order valence-electron chi connectivity index (χ4n) is 3.31. The Morgan fingerprint density at radius 1 is 1.44 bits per heavy atom. The van der Waals surface area contributed by atoms with Crippen molar-refractivity contribution in [2.24, 2.45) is 17.8 Å². The molecule has 2 N–H and O–H groups in total. The van der Waals surface area contributed by atoms with Gasteiger partial charge in [0.2, 0.25) is 0 Å². The molecular formula is C15H22O3. The quantitative estimate of drug-likeness (QED) is 0.741. The Morgan fingerprint density at radius 3 is 2.72 bits per heavy atom. The number of fused-ring (bicyclic) bond motifs is 1. The molecule has 0 saturated carbocycles. The van der Waals surface area contributed by atoms with Crippen molar-refractivity contribution < 1.29 is 15.0 Å². The van der Waals surface area contributed by atoms with Crippen LogP contribution in [0.2, 0.25) is 0 Å². The maximum Gasteiger partial charge on any atom is 0.306 e. The van der Waals surface area contributed by atoms with E-state index in [0.29, 0.717) is 6.42 Å². The minimum absolute atomic E-state index is 0.170. The number of allylic oxidation sites excluding steroid dienone is 2. The first-order chi connectivity index (χ1) is 8.41. The molecule has 2 aliphatic carbocycles. The van der Waals surface area contributed by atoms with E-state index in [1.54, 1.807) is 6.92 Å². The molecule has 3 nitrogen and oxygen atoms in total. The molecule has 0 aromatic carbocycles. The molecule has 0 saturated heterocycles. The van der Waals surface area contributed by atoms with E-state index in [4.69, 9.17) is 0 Å². The normalized spacial score (nSPS) is 33.8. The summed E-state index contributed by atoms with van der Waals surface area (Å²) < 4.78 is 0. The van der Waals surface area contributed by atoms with Crippen molar-refractivity contribution in [3.63, 3.8) is 0 Å². The molecule has 0 radical (unpaired) electrons. The van der Waals surface area contributed by atoms with E-state index in [9.17, 15) is 15.0 Å². The Labute approximate surface area is 108 Å². The Hall–Kier alpha value is -1.09. The predicted molar refractivity (Wildman–Crippen MR) is 70.1 cm³/mol. The average Bonchev–Trinajstić information content (AvgIpc) is 2.31. The van der Waals surface area contributed by atoms with Gasteiger partial charge in [0, 0.05) is 5.92 Å². The number of aliphatic hydroxyl groups excluding tert-OH is 1. The number of aliphatic carboxylic acids is 1. The molecule has 0 aromatic rings. The molecule has 0 spiro atoms. The summed E-state index contributed by atoms with van der Waals surface area (Å²) in [5, 5.41) is 19.2. The first-order valence-corrected chi connectivity index (χ1v) is 6.69. The van der Waals surface area contributed by atoms with Crippen LogP contribution < -0.4 is 0 Å². The molecular weight excluding hydrogens is 228 g/mol. The number of carboxylic acid groups (broad SMARTS) is 1. The van der Waals surface area contributed by atoms with E-state index in [1.165, 1.54) is 11.1 Å². The van der Waals surface area contributed by atoms with Crippen molar-refractivity contribution in [1.82, 2.24) is 0 Å². The van der Waals surface area contributed by atoms with Gasteiger partial charge < -0.3 is 10.2 Å². The van der Waals surface area contributed by atoms with E-state index >= 15 is 0 Å². The topological polar surface area (TPSA) is 57.5 Å². The van der Waals surface area contributed by atoms with Crippen molar-refractivity contribution in [2.45, 2.75) is 46.1 Å². The van der Waals surface area contributed by atoms with Crippen molar-refractivity contribution in [2.75, 3.05) is 0 Å². The smallest absolute Gasteiger partial charge is 0.306 e. The minimum atomic E-state index is -0.712. The molecule has 2 aliphatic rings. The lowest BCUT2D eigenvalue weighted by Crippen LogP contribution is -2.34. The van der Waals surface area contributed by atoms with Gasteiger partial charge in [0.1, 0.15) is 0 Å². The molecule has 2 rings (SSSR count). The van der Waals surface area contributed by atoms with E-state index in [2.05, 4.69) is 13.0 Å². The number of hydrogen-bond donors (Lipinski definition) is 2. The fourth-order valence-corrected chi connectivity index (χ4v) is 3.31. The number of rotatable bonds is 2. The monoisotopic (exact) mass is 250 g/mol. The number of hydrogen-bond acceptors (Lipinski definition) is 2. The third-order valence-corrected chi connectivity index (χ3v) is 4.68. The third kappa shape index (κ3) is 2.24. The van der Waals surface area contributed by atoms with Crippen LogP contribution in [0, 0.1) is 17.8 Å². The van der Waals surface area contributed by atoms with Crippen molar-refractivity contribution in [1.29, 1.82) is 0 Å². The maximum absolute atomic E-state index is 11.2. The van der Waals surface area contributed by atoms with Gasteiger partial charge in [-0.3, -0.25) is 4.79 Å². The highest BCUT2D eigenvalue weighted by Crippen LogP contribution is 2.44. The molecule has 4 unspecified atom stereocenters. The molecule has 18 heavy (non-hydrogen) atoms. The Morgan fingerprint density at radius 2 is 2.11 bits per heavy atom. The Bertz CT molecular complexity index is 419. The van der Waals surface area contributed by atoms with Crippen LogP contribution in [0.1, 0.15) is 40.0 Å². The van der Waals surface area contributed by atoms with Gasteiger partial charge in [-0.15, -0.1) is 0 Å². The second kappa shape index (κ2) is 4.88. The summed E-state index contributed by atoms with van der Waals surface area (Å²) in [6.45, 7) is 5.86. The molecule has 0 heterocycles. The highest BCUT2D eigenvalue weighted by molar-refractivity contribution is 5.70. The molecule has 4 atom stereocenters. The Kier molecular flexibility index (Phi) is 3.62. The fraction of sp³-hybridized carbons (Fsp3) is 0.667. The van der Waals surface area contributed by atoms with Crippen LogP contribution in [0.15, 0.2) is 22.8 Å². The summed E-state index contributed by atoms with van der Waals surface area (Å²) in [4.78, 5) is 11.2. The first-order valence-electron chi connectivity index (χ1n) is 6.69. The highest BCUT2D eigenvalue weighted by Gasteiger charge is 2.38. The molecule has 0 bridgehead atoms. The zero-order chi connectivity index (χ0) is 13.4. The lowest BCUT2D eigenvalue weighted by atomic mass is 9.66. The lowest BCUT2D eigenvalue weighted by molar-refractivity contribution is -0.143. The summed E-state index contributed by atoms with van der Waals surface area (Å²) in [6, 6.07) is 0. The largest absolute Gasteiger partial charge is 0.481 e. The standard InChI is InChI=1S/C15H22O3/c1-8-4-5-11(10(3)15(17)18)13-6-9(2)14(16)7-12(8)13/h6,10-11,13-14,16H,4-5,7H2,1-3H3,(H,17,18). The van der Waals surface area contributed by atoms with Crippen LogP contribution in [0.25, 0.3) is 0 Å². The Balaban J connectivity index is 2.35. The minimum Gasteiger partial charge on any atom is -0.481 e. The van der Waals surface area contributed by atoms with Crippen molar-refractivity contribution in [3.05, 3.63) is 22.8 Å². The van der Waals surface area contributed by atoms with Crippen LogP contribution in [0.5, 0.6) is 0 Å². The summed E-state index contributed by atoms with van der Waals surface area (Å²) in [5.41, 5.74) is 3.61. The highest BCUT2D eigenvalue weighted by atomic mass is 16.4. The zero-order valence-corrected chi connectivity index (χ0v) is 11.3. The van der Waals surface area contributed by atoms with Gasteiger partial charge >= 0.3 is 5.97 Å². The van der Waals surface area contributed by atoms with Crippen molar-refractivity contribution >= 4 is 5.97 Å². The number of aliphatic hydroxyl groups is 1. The van der Waals surface area contributed by atoms with Crippen LogP contribution in [0.4, 0.5) is 0 Å². The van der Waals surface area contributed by atoms with Crippen molar-refractivity contribution in [3.8, 4) is 0 Å². The number of carbonyl (C=O) groups is 1. The predicted octanol–water partition coefficient (Wildman–Crippen LogP) is 2.76. The van der Waals surface area contributed by atoms with Gasteiger partial charge in [-0.25, -0.2) is 0 Å². The summed E-state index contributed by atoms with van der Waals surface area (Å²) in [7, 11) is 0. The van der Waals surface area contributed by atoms with Gasteiger partial charge in [-0.1, -0.05) is 24.1 Å². The first kappa shape index (κ1) is 13.3. The molecule has 0 fully saturated rings. The van der Waals surface area contributed by atoms with Crippen LogP contribution in [-0.2, 0) is 4.79 Å².